The van der Waals surface area contributed by atoms with E-state index in [1.54, 1.807) is 7.05 Å². The van der Waals surface area contributed by atoms with E-state index < -0.39 is 0 Å². The van der Waals surface area contributed by atoms with Gasteiger partial charge in [-0.05, 0) is 67.1 Å². The Kier molecular flexibility index (Phi) is 7.21. The summed E-state index contributed by atoms with van der Waals surface area (Å²) in [6.07, 6.45) is 0. The molecule has 0 spiro atoms. The first-order valence-electron chi connectivity index (χ1n) is 9.52. The third-order valence-electron chi connectivity index (χ3n) is 4.91. The Bertz CT molecular complexity index is 859. The summed E-state index contributed by atoms with van der Waals surface area (Å²) in [5.74, 6) is 0.615. The zero-order chi connectivity index (χ0) is 20.8. The first-order valence-corrected chi connectivity index (χ1v) is 9.52. The van der Waals surface area contributed by atoms with E-state index in [9.17, 15) is 9.59 Å². The molecule has 0 aromatic heterocycles. The second kappa shape index (κ2) is 9.40. The summed E-state index contributed by atoms with van der Waals surface area (Å²) in [6, 6.07) is 11.6. The minimum atomic E-state index is -0.248. The van der Waals surface area contributed by atoms with Crippen LogP contribution in [-0.2, 0) is 9.59 Å². The fourth-order valence-electron chi connectivity index (χ4n) is 3.02. The van der Waals surface area contributed by atoms with Gasteiger partial charge in [0.2, 0.25) is 5.91 Å². The topological polar surface area (TPSA) is 58.6 Å². The second-order valence-corrected chi connectivity index (χ2v) is 7.51. The van der Waals surface area contributed by atoms with Gasteiger partial charge in [-0.2, -0.15) is 0 Å². The fraction of sp³-hybridized carbons (Fsp3) is 0.391. The normalized spacial score (nSPS) is 10.7. The van der Waals surface area contributed by atoms with Crippen molar-refractivity contribution >= 4 is 17.5 Å². The molecule has 2 amide bonds. The van der Waals surface area contributed by atoms with Gasteiger partial charge in [-0.25, -0.2) is 0 Å². The molecule has 150 valence electrons. The van der Waals surface area contributed by atoms with Gasteiger partial charge in [0.15, 0.2) is 6.61 Å². The van der Waals surface area contributed by atoms with E-state index >= 15 is 0 Å². The van der Waals surface area contributed by atoms with Crippen LogP contribution in [0, 0.1) is 20.8 Å². The fourth-order valence-corrected chi connectivity index (χ4v) is 3.02. The summed E-state index contributed by atoms with van der Waals surface area (Å²) in [5.41, 5.74) is 5.30. The highest BCUT2D eigenvalue weighted by Crippen LogP contribution is 2.23. The first-order chi connectivity index (χ1) is 13.2. The number of rotatable bonds is 7. The number of ether oxygens (including phenoxy) is 1. The molecule has 0 radical (unpaired) electrons. The average molecular weight is 383 g/mol. The highest BCUT2D eigenvalue weighted by molar-refractivity contribution is 5.95. The predicted octanol–water partition coefficient (Wildman–Crippen LogP) is 4.21. The van der Waals surface area contributed by atoms with Gasteiger partial charge in [-0.15, -0.1) is 0 Å². The van der Waals surface area contributed by atoms with Gasteiger partial charge in [0, 0.05) is 12.7 Å². The van der Waals surface area contributed by atoms with Gasteiger partial charge in [0.25, 0.3) is 5.91 Å². The molecule has 5 nitrogen and oxygen atoms in total. The molecule has 1 N–H and O–H groups in total. The number of benzene rings is 2. The van der Waals surface area contributed by atoms with Crippen LogP contribution in [-0.4, -0.2) is 36.9 Å². The van der Waals surface area contributed by atoms with Crippen molar-refractivity contribution in [3.63, 3.8) is 0 Å². The SMILES string of the molecule is Cc1cc(OCC(=O)N(C)CC(=O)Nc2cccc(C)c2C)ccc1C(C)C. The summed E-state index contributed by atoms with van der Waals surface area (Å²) < 4.78 is 5.62. The Labute approximate surface area is 167 Å². The molecule has 0 aliphatic carbocycles. The van der Waals surface area contributed by atoms with Gasteiger partial charge in [-0.3, -0.25) is 9.59 Å². The molecule has 0 bridgehead atoms. The molecule has 0 heterocycles. The van der Waals surface area contributed by atoms with Crippen molar-refractivity contribution in [3.8, 4) is 5.75 Å². The number of anilines is 1. The molecule has 0 saturated carbocycles. The van der Waals surface area contributed by atoms with Crippen molar-refractivity contribution in [2.75, 3.05) is 25.5 Å². The Morgan fingerprint density at radius 1 is 1.07 bits per heavy atom. The average Bonchev–Trinajstić information content (AvgIpc) is 2.63. The number of hydrogen-bond donors (Lipinski definition) is 1. The first kappa shape index (κ1) is 21.5. The molecule has 2 aromatic rings. The lowest BCUT2D eigenvalue weighted by atomic mass is 9.98. The van der Waals surface area contributed by atoms with Gasteiger partial charge in [0.1, 0.15) is 5.75 Å². The molecule has 0 atom stereocenters. The van der Waals surface area contributed by atoms with E-state index in [1.807, 2.05) is 57.2 Å². The zero-order valence-electron chi connectivity index (χ0n) is 17.6. The largest absolute Gasteiger partial charge is 0.484 e. The van der Waals surface area contributed by atoms with E-state index in [0.29, 0.717) is 11.7 Å². The van der Waals surface area contributed by atoms with Crippen LogP contribution in [0.4, 0.5) is 5.69 Å². The van der Waals surface area contributed by atoms with E-state index in [0.717, 1.165) is 22.4 Å². The number of carbonyl (C=O) groups is 2. The molecule has 0 saturated heterocycles. The molecule has 0 aliphatic heterocycles. The number of nitrogens with one attached hydrogen (secondary N) is 1. The number of amides is 2. The Hall–Kier alpha value is -2.82. The summed E-state index contributed by atoms with van der Waals surface area (Å²) in [6.45, 7) is 10.1. The standard InChI is InChI=1S/C23H30N2O3/c1-15(2)20-11-10-19(12-17(20)4)28-14-23(27)25(6)13-22(26)24-21-9-7-8-16(3)18(21)5/h7-12,15H,13-14H2,1-6H3,(H,24,26). The van der Waals surface area contributed by atoms with Crippen LogP contribution in [0.15, 0.2) is 36.4 Å². The minimum Gasteiger partial charge on any atom is -0.484 e. The van der Waals surface area contributed by atoms with Crippen LogP contribution < -0.4 is 10.1 Å². The van der Waals surface area contributed by atoms with Gasteiger partial charge >= 0.3 is 0 Å². The summed E-state index contributed by atoms with van der Waals surface area (Å²) in [7, 11) is 1.60. The maximum atomic E-state index is 12.3. The molecular formula is C23H30N2O3. The Morgan fingerprint density at radius 2 is 1.79 bits per heavy atom. The predicted molar refractivity (Wildman–Crippen MR) is 113 cm³/mol. The highest BCUT2D eigenvalue weighted by Gasteiger charge is 2.15. The van der Waals surface area contributed by atoms with Gasteiger partial charge in [0.05, 0.1) is 6.54 Å². The summed E-state index contributed by atoms with van der Waals surface area (Å²) >= 11 is 0. The van der Waals surface area contributed by atoms with E-state index in [4.69, 9.17) is 4.74 Å². The van der Waals surface area contributed by atoms with Crippen molar-refractivity contribution in [3.05, 3.63) is 58.7 Å². The summed E-state index contributed by atoms with van der Waals surface area (Å²) in [5, 5.41) is 2.86. The van der Waals surface area contributed by atoms with Gasteiger partial charge < -0.3 is 15.0 Å². The van der Waals surface area contributed by atoms with Crippen molar-refractivity contribution in [2.45, 2.75) is 40.5 Å². The van der Waals surface area contributed by atoms with Crippen LogP contribution in [0.25, 0.3) is 0 Å². The molecule has 2 rings (SSSR count). The lowest BCUT2D eigenvalue weighted by molar-refractivity contribution is -0.135. The van der Waals surface area contributed by atoms with Crippen LogP contribution in [0.1, 0.15) is 42.0 Å². The highest BCUT2D eigenvalue weighted by atomic mass is 16.5. The number of carbonyl (C=O) groups excluding carboxylic acids is 2. The van der Waals surface area contributed by atoms with Crippen molar-refractivity contribution < 1.29 is 14.3 Å². The number of aryl methyl sites for hydroxylation is 2. The molecule has 0 aliphatic rings. The number of hydrogen-bond acceptors (Lipinski definition) is 3. The van der Waals surface area contributed by atoms with Crippen molar-refractivity contribution in [2.24, 2.45) is 0 Å². The molecular weight excluding hydrogens is 352 g/mol. The Morgan fingerprint density at radius 3 is 2.43 bits per heavy atom. The number of nitrogens with zero attached hydrogens (tertiary/aromatic N) is 1. The van der Waals surface area contributed by atoms with Crippen molar-refractivity contribution in [1.29, 1.82) is 0 Å². The van der Waals surface area contributed by atoms with Crippen molar-refractivity contribution in [1.82, 2.24) is 4.90 Å². The Balaban J connectivity index is 1.88. The molecule has 5 heteroatoms. The number of likely N-dealkylation sites (N-methyl/N-ethyl adjacent to an activating group) is 1. The van der Waals surface area contributed by atoms with Crippen LogP contribution in [0.2, 0.25) is 0 Å². The lowest BCUT2D eigenvalue weighted by Gasteiger charge is -2.18. The minimum absolute atomic E-state index is 0.0269. The van der Waals surface area contributed by atoms with E-state index in [-0.39, 0.29) is 25.0 Å². The molecule has 0 fully saturated rings. The molecule has 2 aromatic carbocycles. The third-order valence-corrected chi connectivity index (χ3v) is 4.91. The van der Waals surface area contributed by atoms with Crippen LogP contribution in [0.5, 0.6) is 5.75 Å². The third kappa shape index (κ3) is 5.59. The quantitative estimate of drug-likeness (QED) is 0.780. The van der Waals surface area contributed by atoms with Crippen LogP contribution in [0.3, 0.4) is 0 Å². The second-order valence-electron chi connectivity index (χ2n) is 7.51. The maximum Gasteiger partial charge on any atom is 0.260 e. The van der Waals surface area contributed by atoms with Gasteiger partial charge in [-0.1, -0.05) is 32.0 Å². The van der Waals surface area contributed by atoms with E-state index in [2.05, 4.69) is 19.2 Å². The summed E-state index contributed by atoms with van der Waals surface area (Å²) in [4.78, 5) is 25.9. The monoisotopic (exact) mass is 382 g/mol. The van der Waals surface area contributed by atoms with Crippen LogP contribution >= 0.6 is 0 Å². The van der Waals surface area contributed by atoms with E-state index in [1.165, 1.54) is 10.5 Å². The molecule has 28 heavy (non-hydrogen) atoms. The lowest BCUT2D eigenvalue weighted by Crippen LogP contribution is -2.37. The zero-order valence-corrected chi connectivity index (χ0v) is 17.6. The maximum absolute atomic E-state index is 12.3. The molecule has 0 unspecified atom stereocenters. The smallest absolute Gasteiger partial charge is 0.260 e.